The number of benzene rings is 1. The van der Waals surface area contributed by atoms with Crippen molar-refractivity contribution in [3.8, 4) is 0 Å². The van der Waals surface area contributed by atoms with Gasteiger partial charge < -0.3 is 11.1 Å². The zero-order valence-corrected chi connectivity index (χ0v) is 12.0. The van der Waals surface area contributed by atoms with E-state index in [2.05, 4.69) is 10.3 Å². The van der Waals surface area contributed by atoms with Gasteiger partial charge in [-0.3, -0.25) is 4.79 Å². The van der Waals surface area contributed by atoms with Gasteiger partial charge in [-0.25, -0.2) is 4.98 Å². The van der Waals surface area contributed by atoms with Crippen molar-refractivity contribution in [2.75, 3.05) is 5.73 Å². The van der Waals surface area contributed by atoms with Crippen molar-refractivity contribution in [2.24, 2.45) is 0 Å². The first kappa shape index (κ1) is 13.5. The summed E-state index contributed by atoms with van der Waals surface area (Å²) in [6.45, 7) is 5.67. The molecule has 5 heteroatoms. The predicted molar refractivity (Wildman–Crippen MR) is 78.3 cm³/mol. The van der Waals surface area contributed by atoms with E-state index in [0.717, 1.165) is 16.3 Å². The van der Waals surface area contributed by atoms with E-state index in [4.69, 9.17) is 5.73 Å². The lowest BCUT2D eigenvalue weighted by Crippen LogP contribution is -2.27. The molecule has 2 rings (SSSR count). The van der Waals surface area contributed by atoms with Gasteiger partial charge in [-0.1, -0.05) is 18.2 Å². The molecule has 1 heterocycles. The molecule has 0 fully saturated rings. The van der Waals surface area contributed by atoms with Crippen molar-refractivity contribution >= 4 is 22.9 Å². The van der Waals surface area contributed by atoms with Gasteiger partial charge in [-0.15, -0.1) is 11.3 Å². The number of aryl methyl sites for hydroxylation is 2. The van der Waals surface area contributed by atoms with Gasteiger partial charge in [-0.2, -0.15) is 0 Å². The van der Waals surface area contributed by atoms with Crippen LogP contribution in [0, 0.1) is 13.8 Å². The van der Waals surface area contributed by atoms with Crippen LogP contribution < -0.4 is 11.1 Å². The summed E-state index contributed by atoms with van der Waals surface area (Å²) in [7, 11) is 0. The highest BCUT2D eigenvalue weighted by Crippen LogP contribution is 2.22. The molecule has 4 nitrogen and oxygen atoms in total. The molecule has 1 atom stereocenters. The van der Waals surface area contributed by atoms with E-state index < -0.39 is 0 Å². The van der Waals surface area contributed by atoms with Crippen LogP contribution >= 0.6 is 11.3 Å². The average molecular weight is 275 g/mol. The Morgan fingerprint density at radius 3 is 2.63 bits per heavy atom. The van der Waals surface area contributed by atoms with E-state index in [9.17, 15) is 4.79 Å². The molecule has 1 aromatic carbocycles. The number of carbonyl (C=O) groups excluding carboxylic acids is 1. The van der Waals surface area contributed by atoms with Crippen LogP contribution in [-0.2, 0) is 0 Å². The number of nitrogens with one attached hydrogen (secondary N) is 1. The third-order valence-electron chi connectivity index (χ3n) is 2.92. The number of amides is 1. The first-order chi connectivity index (χ1) is 8.99. The van der Waals surface area contributed by atoms with Crippen LogP contribution in [0.15, 0.2) is 24.3 Å². The van der Waals surface area contributed by atoms with E-state index in [1.54, 1.807) is 0 Å². The number of nitrogens with two attached hydrogens (primary N) is 1. The minimum Gasteiger partial charge on any atom is -0.398 e. The smallest absolute Gasteiger partial charge is 0.263 e. The van der Waals surface area contributed by atoms with Crippen LogP contribution in [0.1, 0.15) is 38.9 Å². The molecule has 0 aliphatic heterocycles. The molecule has 0 saturated heterocycles. The number of anilines is 1. The highest BCUT2D eigenvalue weighted by molar-refractivity contribution is 7.13. The Kier molecular flexibility index (Phi) is 3.85. The lowest BCUT2D eigenvalue weighted by atomic mass is 10.1. The first-order valence-electron chi connectivity index (χ1n) is 6.08. The van der Waals surface area contributed by atoms with Crippen molar-refractivity contribution in [1.29, 1.82) is 0 Å². The van der Waals surface area contributed by atoms with Crippen LogP contribution in [0.2, 0.25) is 0 Å². The van der Waals surface area contributed by atoms with E-state index in [-0.39, 0.29) is 11.9 Å². The Hall–Kier alpha value is -1.88. The molecule has 1 unspecified atom stereocenters. The Balaban J connectivity index is 2.15. The van der Waals surface area contributed by atoms with Crippen LogP contribution in [0.25, 0.3) is 0 Å². The molecule has 3 N–H and O–H groups in total. The summed E-state index contributed by atoms with van der Waals surface area (Å²) < 4.78 is 0. The van der Waals surface area contributed by atoms with E-state index in [1.807, 2.05) is 45.0 Å². The zero-order valence-electron chi connectivity index (χ0n) is 11.2. The molecule has 0 aliphatic rings. The predicted octanol–water partition coefficient (Wildman–Crippen LogP) is 2.83. The minimum absolute atomic E-state index is 0.0983. The van der Waals surface area contributed by atoms with Crippen LogP contribution in [0.5, 0.6) is 0 Å². The molecular formula is C14H17N3OS. The highest BCUT2D eigenvalue weighted by atomic mass is 32.1. The number of nitrogen functional groups attached to an aromatic ring is 1. The number of thiazole rings is 1. The van der Waals surface area contributed by atoms with Gasteiger partial charge in [0.2, 0.25) is 0 Å². The van der Waals surface area contributed by atoms with Crippen molar-refractivity contribution in [2.45, 2.75) is 26.8 Å². The van der Waals surface area contributed by atoms with Gasteiger partial charge in [0, 0.05) is 5.69 Å². The molecule has 0 radical (unpaired) electrons. The van der Waals surface area contributed by atoms with Crippen molar-refractivity contribution in [1.82, 2.24) is 10.3 Å². The molecule has 0 saturated carbocycles. The molecule has 0 spiro atoms. The quantitative estimate of drug-likeness (QED) is 0.846. The van der Waals surface area contributed by atoms with Gasteiger partial charge in [0.1, 0.15) is 4.88 Å². The van der Waals surface area contributed by atoms with E-state index >= 15 is 0 Å². The summed E-state index contributed by atoms with van der Waals surface area (Å²) in [5.41, 5.74) is 8.29. The van der Waals surface area contributed by atoms with Crippen molar-refractivity contribution < 1.29 is 4.79 Å². The number of hydrogen-bond donors (Lipinski definition) is 2. The molecule has 19 heavy (non-hydrogen) atoms. The topological polar surface area (TPSA) is 68.0 Å². The van der Waals surface area contributed by atoms with Gasteiger partial charge in [0.05, 0.1) is 16.7 Å². The lowest BCUT2D eigenvalue weighted by molar-refractivity contribution is 0.0943. The van der Waals surface area contributed by atoms with Crippen molar-refractivity contribution in [3.63, 3.8) is 0 Å². The standard InChI is InChI=1S/C14H17N3OS/c1-8(11-6-4-5-7-12(11)15)17-14(18)13-9(2)16-10(3)19-13/h4-8H,15H2,1-3H3,(H,17,18). The summed E-state index contributed by atoms with van der Waals surface area (Å²) in [5.74, 6) is -0.0983. The van der Waals surface area contributed by atoms with Gasteiger partial charge in [0.25, 0.3) is 5.91 Å². The second kappa shape index (κ2) is 5.40. The maximum Gasteiger partial charge on any atom is 0.263 e. The molecule has 1 aromatic heterocycles. The summed E-state index contributed by atoms with van der Waals surface area (Å²) in [4.78, 5) is 17.1. The van der Waals surface area contributed by atoms with Crippen LogP contribution in [0.3, 0.4) is 0 Å². The summed E-state index contributed by atoms with van der Waals surface area (Å²) in [5, 5.41) is 3.86. The fourth-order valence-corrected chi connectivity index (χ4v) is 2.81. The molecule has 0 aliphatic carbocycles. The maximum absolute atomic E-state index is 12.2. The number of rotatable bonds is 3. The minimum atomic E-state index is -0.129. The van der Waals surface area contributed by atoms with Crippen molar-refractivity contribution in [3.05, 3.63) is 45.4 Å². The molecule has 100 valence electrons. The molecule has 1 amide bonds. The Bertz CT molecular complexity index is 606. The third-order valence-corrected chi connectivity index (χ3v) is 3.99. The number of hydrogen-bond acceptors (Lipinski definition) is 4. The van der Waals surface area contributed by atoms with Crippen LogP contribution in [0.4, 0.5) is 5.69 Å². The van der Waals surface area contributed by atoms with Gasteiger partial charge >= 0.3 is 0 Å². The Labute approximate surface area is 116 Å². The third kappa shape index (κ3) is 2.93. The number of para-hydroxylation sites is 1. The fourth-order valence-electron chi connectivity index (χ4n) is 1.99. The normalized spacial score (nSPS) is 12.2. The van der Waals surface area contributed by atoms with E-state index in [1.165, 1.54) is 11.3 Å². The second-order valence-electron chi connectivity index (χ2n) is 4.47. The fraction of sp³-hybridized carbons (Fsp3) is 0.286. The number of nitrogens with zero attached hydrogens (tertiary/aromatic N) is 1. The van der Waals surface area contributed by atoms with Crippen LogP contribution in [-0.4, -0.2) is 10.9 Å². The Morgan fingerprint density at radius 1 is 1.37 bits per heavy atom. The largest absolute Gasteiger partial charge is 0.398 e. The average Bonchev–Trinajstić information content (AvgIpc) is 2.69. The zero-order chi connectivity index (χ0) is 14.0. The molecule has 2 aromatic rings. The Morgan fingerprint density at radius 2 is 2.05 bits per heavy atom. The molecule has 0 bridgehead atoms. The maximum atomic E-state index is 12.2. The van der Waals surface area contributed by atoms with Gasteiger partial charge in [-0.05, 0) is 32.4 Å². The SMILES string of the molecule is Cc1nc(C)c(C(=O)NC(C)c2ccccc2N)s1. The summed E-state index contributed by atoms with van der Waals surface area (Å²) in [6.07, 6.45) is 0. The highest BCUT2D eigenvalue weighted by Gasteiger charge is 2.17. The summed E-state index contributed by atoms with van der Waals surface area (Å²) >= 11 is 1.41. The lowest BCUT2D eigenvalue weighted by Gasteiger charge is -2.15. The summed E-state index contributed by atoms with van der Waals surface area (Å²) in [6, 6.07) is 7.42. The number of aromatic nitrogens is 1. The van der Waals surface area contributed by atoms with E-state index in [0.29, 0.717) is 10.6 Å². The van der Waals surface area contributed by atoms with Gasteiger partial charge in [0.15, 0.2) is 0 Å². The monoisotopic (exact) mass is 275 g/mol. The first-order valence-corrected chi connectivity index (χ1v) is 6.90. The molecular weight excluding hydrogens is 258 g/mol. The number of carbonyl (C=O) groups is 1. The second-order valence-corrected chi connectivity index (χ2v) is 5.67.